The largest absolute Gasteiger partial charge is 0.508 e. The third kappa shape index (κ3) is 2.91. The van der Waals surface area contributed by atoms with E-state index in [1.807, 2.05) is 42.6 Å². The highest BCUT2D eigenvalue weighted by Crippen LogP contribution is 2.36. The maximum Gasteiger partial charge on any atom is 0.131 e. The minimum Gasteiger partial charge on any atom is -0.508 e. The number of hydrogen-bond acceptors (Lipinski definition) is 4. The predicted octanol–water partition coefficient (Wildman–Crippen LogP) is 4.27. The van der Waals surface area contributed by atoms with Crippen LogP contribution in [0.2, 0.25) is 0 Å². The third-order valence-corrected chi connectivity index (χ3v) is 4.13. The van der Waals surface area contributed by atoms with Crippen LogP contribution in [0.15, 0.2) is 54.7 Å². The summed E-state index contributed by atoms with van der Waals surface area (Å²) in [5.74, 6) is 1.54. The van der Waals surface area contributed by atoms with Crippen molar-refractivity contribution in [3.63, 3.8) is 0 Å². The van der Waals surface area contributed by atoms with Crippen LogP contribution in [0.5, 0.6) is 11.5 Å². The minimum absolute atomic E-state index is 0.231. The van der Waals surface area contributed by atoms with Gasteiger partial charge in [0.15, 0.2) is 0 Å². The Morgan fingerprint density at radius 1 is 1.00 bits per heavy atom. The summed E-state index contributed by atoms with van der Waals surface area (Å²) in [6, 6.07) is 15.0. The van der Waals surface area contributed by atoms with E-state index in [0.29, 0.717) is 5.82 Å². The summed E-state index contributed by atoms with van der Waals surface area (Å²) in [6.07, 6.45) is 2.64. The van der Waals surface area contributed by atoms with Gasteiger partial charge in [0.2, 0.25) is 0 Å². The summed E-state index contributed by atoms with van der Waals surface area (Å²) in [4.78, 5) is 4.39. The normalized spacial score (nSPS) is 10.6. The van der Waals surface area contributed by atoms with E-state index < -0.39 is 0 Å². The molecular formula is C20H20N2O2. The molecule has 122 valence electrons. The Bertz CT molecular complexity index is 841. The number of hydrogen-bond donors (Lipinski definition) is 2. The van der Waals surface area contributed by atoms with Gasteiger partial charge in [-0.3, -0.25) is 0 Å². The number of aromatic nitrogens is 1. The maximum atomic E-state index is 9.52. The van der Waals surface area contributed by atoms with Crippen LogP contribution in [0, 0.1) is 0 Å². The van der Waals surface area contributed by atoms with Crippen LogP contribution in [0.4, 0.5) is 5.82 Å². The van der Waals surface area contributed by atoms with Crippen LogP contribution in [0.3, 0.4) is 0 Å². The second kappa shape index (κ2) is 6.62. The fourth-order valence-corrected chi connectivity index (χ4v) is 2.90. The van der Waals surface area contributed by atoms with Gasteiger partial charge in [-0.15, -0.1) is 0 Å². The number of pyridine rings is 1. The number of nitrogens with two attached hydrogens (primary N) is 1. The monoisotopic (exact) mass is 320 g/mol. The summed E-state index contributed by atoms with van der Waals surface area (Å²) < 4.78 is 5.23. The molecule has 3 rings (SSSR count). The molecule has 0 bridgehead atoms. The van der Waals surface area contributed by atoms with Gasteiger partial charge in [-0.25, -0.2) is 4.98 Å². The minimum atomic E-state index is 0.231. The smallest absolute Gasteiger partial charge is 0.131 e. The van der Waals surface area contributed by atoms with Gasteiger partial charge in [0.1, 0.15) is 17.3 Å². The van der Waals surface area contributed by atoms with Crippen molar-refractivity contribution >= 4 is 5.82 Å². The molecule has 0 saturated heterocycles. The zero-order valence-electron chi connectivity index (χ0n) is 13.8. The average Bonchev–Trinajstić information content (AvgIpc) is 2.62. The van der Waals surface area contributed by atoms with Crippen molar-refractivity contribution < 1.29 is 9.84 Å². The Balaban J connectivity index is 2.17. The number of nitrogen functional groups attached to an aromatic ring is 1. The van der Waals surface area contributed by atoms with Gasteiger partial charge in [-0.05, 0) is 47.4 Å². The van der Waals surface area contributed by atoms with Gasteiger partial charge >= 0.3 is 0 Å². The van der Waals surface area contributed by atoms with E-state index in [0.717, 1.165) is 40.0 Å². The predicted molar refractivity (Wildman–Crippen MR) is 97.1 cm³/mol. The fourth-order valence-electron chi connectivity index (χ4n) is 2.90. The fraction of sp³-hybridized carbons (Fsp3) is 0.150. The lowest BCUT2D eigenvalue weighted by Crippen LogP contribution is -2.01. The van der Waals surface area contributed by atoms with Crippen LogP contribution < -0.4 is 10.5 Å². The lowest BCUT2D eigenvalue weighted by Gasteiger charge is -2.16. The van der Waals surface area contributed by atoms with Crippen molar-refractivity contribution in [1.29, 1.82) is 0 Å². The first-order valence-electron chi connectivity index (χ1n) is 7.85. The van der Waals surface area contributed by atoms with Gasteiger partial charge in [0, 0.05) is 17.3 Å². The zero-order valence-corrected chi connectivity index (χ0v) is 13.8. The molecule has 4 nitrogen and oxygen atoms in total. The van der Waals surface area contributed by atoms with Gasteiger partial charge < -0.3 is 15.6 Å². The van der Waals surface area contributed by atoms with Crippen molar-refractivity contribution in [2.75, 3.05) is 12.8 Å². The summed E-state index contributed by atoms with van der Waals surface area (Å²) in [7, 11) is 1.65. The second-order valence-corrected chi connectivity index (χ2v) is 5.54. The molecule has 0 atom stereocenters. The molecule has 0 amide bonds. The van der Waals surface area contributed by atoms with Crippen molar-refractivity contribution in [2.45, 2.75) is 13.3 Å². The summed E-state index contributed by atoms with van der Waals surface area (Å²) in [6.45, 7) is 2.10. The lowest BCUT2D eigenvalue weighted by atomic mass is 9.92. The SMILES string of the molecule is CCc1c(-c2ccc(OC)cc2)cnc(N)c1-c1ccc(O)cc1. The molecular weight excluding hydrogens is 300 g/mol. The summed E-state index contributed by atoms with van der Waals surface area (Å²) in [5.41, 5.74) is 11.3. The Morgan fingerprint density at radius 2 is 1.62 bits per heavy atom. The summed E-state index contributed by atoms with van der Waals surface area (Å²) in [5, 5.41) is 9.52. The van der Waals surface area contributed by atoms with Crippen LogP contribution in [-0.4, -0.2) is 17.2 Å². The first-order valence-corrected chi connectivity index (χ1v) is 7.85. The molecule has 0 aliphatic carbocycles. The molecule has 4 heteroatoms. The van der Waals surface area contributed by atoms with Crippen molar-refractivity contribution in [3.8, 4) is 33.8 Å². The zero-order chi connectivity index (χ0) is 17.1. The Morgan fingerprint density at radius 3 is 2.21 bits per heavy atom. The first-order chi connectivity index (χ1) is 11.6. The molecule has 0 aliphatic heterocycles. The van der Waals surface area contributed by atoms with E-state index in [2.05, 4.69) is 11.9 Å². The van der Waals surface area contributed by atoms with Crippen molar-refractivity contribution in [2.24, 2.45) is 0 Å². The maximum absolute atomic E-state index is 9.52. The molecule has 3 aromatic rings. The topological polar surface area (TPSA) is 68.4 Å². The van der Waals surface area contributed by atoms with Crippen LogP contribution in [0.1, 0.15) is 12.5 Å². The van der Waals surface area contributed by atoms with Gasteiger partial charge in [0.25, 0.3) is 0 Å². The number of methoxy groups -OCH3 is 1. The number of benzene rings is 2. The average molecular weight is 320 g/mol. The van der Waals surface area contributed by atoms with Gasteiger partial charge in [-0.2, -0.15) is 0 Å². The number of ether oxygens (including phenoxy) is 1. The highest BCUT2D eigenvalue weighted by atomic mass is 16.5. The van der Waals surface area contributed by atoms with Crippen LogP contribution >= 0.6 is 0 Å². The number of aromatic hydroxyl groups is 1. The van der Waals surface area contributed by atoms with E-state index in [9.17, 15) is 5.11 Å². The Hall–Kier alpha value is -3.01. The van der Waals surface area contributed by atoms with E-state index in [-0.39, 0.29) is 5.75 Å². The highest BCUT2D eigenvalue weighted by Gasteiger charge is 2.15. The molecule has 1 aromatic heterocycles. The number of nitrogens with zero attached hydrogens (tertiary/aromatic N) is 1. The highest BCUT2D eigenvalue weighted by molar-refractivity contribution is 5.84. The third-order valence-electron chi connectivity index (χ3n) is 4.13. The lowest BCUT2D eigenvalue weighted by molar-refractivity contribution is 0.415. The number of anilines is 1. The molecule has 1 heterocycles. The molecule has 2 aromatic carbocycles. The molecule has 3 N–H and O–H groups in total. The number of phenols is 1. The van der Waals surface area contributed by atoms with E-state index >= 15 is 0 Å². The molecule has 0 unspecified atom stereocenters. The summed E-state index contributed by atoms with van der Waals surface area (Å²) >= 11 is 0. The van der Waals surface area contributed by atoms with Gasteiger partial charge in [0.05, 0.1) is 7.11 Å². The van der Waals surface area contributed by atoms with E-state index in [1.54, 1.807) is 19.2 Å². The van der Waals surface area contributed by atoms with Crippen LogP contribution in [-0.2, 0) is 6.42 Å². The standard InChI is InChI=1S/C20H20N2O2/c1-3-17-18(13-6-10-16(24-2)11-7-13)12-22-20(21)19(17)14-4-8-15(23)9-5-14/h4-12,23H,3H2,1-2H3,(H2,21,22). The molecule has 0 spiro atoms. The van der Waals surface area contributed by atoms with Crippen LogP contribution in [0.25, 0.3) is 22.3 Å². The molecule has 0 saturated carbocycles. The second-order valence-electron chi connectivity index (χ2n) is 5.54. The van der Waals surface area contributed by atoms with E-state index in [1.165, 1.54) is 0 Å². The number of rotatable bonds is 4. The number of phenolic OH excluding ortho intramolecular Hbond substituents is 1. The van der Waals surface area contributed by atoms with Crippen molar-refractivity contribution in [1.82, 2.24) is 4.98 Å². The van der Waals surface area contributed by atoms with E-state index in [4.69, 9.17) is 10.5 Å². The molecule has 24 heavy (non-hydrogen) atoms. The quantitative estimate of drug-likeness (QED) is 0.753. The molecule has 0 aliphatic rings. The Labute approximate surface area is 141 Å². The molecule has 0 radical (unpaired) electrons. The van der Waals surface area contributed by atoms with Crippen molar-refractivity contribution in [3.05, 3.63) is 60.3 Å². The first kappa shape index (κ1) is 15.9. The van der Waals surface area contributed by atoms with Gasteiger partial charge in [-0.1, -0.05) is 31.2 Å². The Kier molecular flexibility index (Phi) is 4.38. The molecule has 0 fully saturated rings.